The summed E-state index contributed by atoms with van der Waals surface area (Å²) < 4.78 is 24.5. The summed E-state index contributed by atoms with van der Waals surface area (Å²) in [7, 11) is -3.07. The number of sulfonamides is 1. The number of rotatable bonds is 8. The van der Waals surface area contributed by atoms with Gasteiger partial charge < -0.3 is 5.32 Å². The first kappa shape index (κ1) is 18.1. The largest absolute Gasteiger partial charge is 0.310 e. The third-order valence-electron chi connectivity index (χ3n) is 3.75. The molecule has 0 radical (unpaired) electrons. The molecule has 0 aromatic heterocycles. The molecule has 1 aromatic rings. The Bertz CT molecular complexity index is 555. The van der Waals surface area contributed by atoms with Crippen LogP contribution >= 0.6 is 0 Å². The summed E-state index contributed by atoms with van der Waals surface area (Å²) in [6, 6.07) is 6.76. The van der Waals surface area contributed by atoms with E-state index in [4.69, 9.17) is 0 Å². The Morgan fingerprint density at radius 2 is 1.95 bits per heavy atom. The van der Waals surface area contributed by atoms with Gasteiger partial charge in [0.1, 0.15) is 0 Å². The molecule has 5 heteroatoms. The fourth-order valence-electron chi connectivity index (χ4n) is 2.55. The summed E-state index contributed by atoms with van der Waals surface area (Å²) in [5.74, 6) is 0. The van der Waals surface area contributed by atoms with Gasteiger partial charge in [-0.25, -0.2) is 12.7 Å². The zero-order valence-electron chi connectivity index (χ0n) is 13.8. The van der Waals surface area contributed by atoms with Crippen LogP contribution in [0.5, 0.6) is 0 Å². The molecule has 21 heavy (non-hydrogen) atoms. The van der Waals surface area contributed by atoms with Crippen LogP contribution in [-0.4, -0.2) is 38.6 Å². The molecule has 1 atom stereocenters. The average molecular weight is 312 g/mol. The van der Waals surface area contributed by atoms with E-state index in [1.165, 1.54) is 27.3 Å². The first-order valence-electron chi connectivity index (χ1n) is 7.51. The molecule has 0 amide bonds. The minimum Gasteiger partial charge on any atom is -0.310 e. The summed E-state index contributed by atoms with van der Waals surface area (Å²) in [4.78, 5) is 0. The topological polar surface area (TPSA) is 49.4 Å². The van der Waals surface area contributed by atoms with Crippen LogP contribution in [0.4, 0.5) is 0 Å². The highest BCUT2D eigenvalue weighted by Crippen LogP contribution is 2.18. The van der Waals surface area contributed by atoms with Gasteiger partial charge in [-0.15, -0.1) is 0 Å². The van der Waals surface area contributed by atoms with Crippen LogP contribution < -0.4 is 5.32 Å². The lowest BCUT2D eigenvalue weighted by Gasteiger charge is -2.20. The quantitative estimate of drug-likeness (QED) is 0.751. The van der Waals surface area contributed by atoms with E-state index in [1.54, 1.807) is 0 Å². The third-order valence-corrected chi connectivity index (χ3v) is 5.13. The van der Waals surface area contributed by atoms with Gasteiger partial charge in [-0.2, -0.15) is 0 Å². The zero-order chi connectivity index (χ0) is 16.0. The second-order valence-corrected chi connectivity index (χ2v) is 7.63. The van der Waals surface area contributed by atoms with Crippen molar-refractivity contribution in [2.45, 2.75) is 40.2 Å². The monoisotopic (exact) mass is 312 g/mol. The Morgan fingerprint density at radius 3 is 2.48 bits per heavy atom. The van der Waals surface area contributed by atoms with Crippen molar-refractivity contribution < 1.29 is 8.42 Å². The van der Waals surface area contributed by atoms with Crippen molar-refractivity contribution in [3.8, 4) is 0 Å². The fourth-order valence-corrected chi connectivity index (χ4v) is 3.48. The van der Waals surface area contributed by atoms with Crippen LogP contribution in [0.1, 0.15) is 43.0 Å². The fraction of sp³-hybridized carbons (Fsp3) is 0.625. The van der Waals surface area contributed by atoms with Gasteiger partial charge in [0.2, 0.25) is 10.0 Å². The lowest BCUT2D eigenvalue weighted by Crippen LogP contribution is -2.32. The normalized spacial score (nSPS) is 13.6. The Hall–Kier alpha value is -0.910. The van der Waals surface area contributed by atoms with E-state index in [0.29, 0.717) is 13.1 Å². The number of aryl methyl sites for hydroxylation is 2. The third kappa shape index (κ3) is 5.77. The second-order valence-electron chi connectivity index (χ2n) is 5.64. The Labute approximate surface area is 129 Å². The van der Waals surface area contributed by atoms with Crippen molar-refractivity contribution in [2.75, 3.05) is 25.9 Å². The van der Waals surface area contributed by atoms with Gasteiger partial charge in [-0.3, -0.25) is 0 Å². The molecule has 0 fully saturated rings. The number of hydrogen-bond acceptors (Lipinski definition) is 3. The molecule has 0 aliphatic carbocycles. The number of hydrogen-bond donors (Lipinski definition) is 1. The van der Waals surface area contributed by atoms with Crippen molar-refractivity contribution in [3.05, 3.63) is 34.9 Å². The molecule has 0 spiro atoms. The van der Waals surface area contributed by atoms with Crippen LogP contribution in [0.2, 0.25) is 0 Å². The van der Waals surface area contributed by atoms with Gasteiger partial charge >= 0.3 is 0 Å². The lowest BCUT2D eigenvalue weighted by molar-refractivity contribution is 0.413. The second kappa shape index (κ2) is 7.92. The Kier molecular flexibility index (Phi) is 6.84. The minimum absolute atomic E-state index is 0.277. The van der Waals surface area contributed by atoms with Crippen LogP contribution in [-0.2, 0) is 10.0 Å². The van der Waals surface area contributed by atoms with Crippen molar-refractivity contribution >= 4 is 10.0 Å². The molecule has 0 bridgehead atoms. The minimum atomic E-state index is -3.07. The Balaban J connectivity index is 2.45. The van der Waals surface area contributed by atoms with Crippen molar-refractivity contribution in [1.29, 1.82) is 0 Å². The number of nitrogens with zero attached hydrogens (tertiary/aromatic N) is 1. The van der Waals surface area contributed by atoms with Gasteiger partial charge in [0, 0.05) is 19.1 Å². The van der Waals surface area contributed by atoms with E-state index < -0.39 is 10.0 Å². The molecule has 0 heterocycles. The van der Waals surface area contributed by atoms with Crippen LogP contribution in [0, 0.1) is 13.8 Å². The highest BCUT2D eigenvalue weighted by Gasteiger charge is 2.13. The number of benzene rings is 1. The maximum atomic E-state index is 11.5. The Morgan fingerprint density at radius 1 is 1.29 bits per heavy atom. The van der Waals surface area contributed by atoms with Crippen molar-refractivity contribution in [3.63, 3.8) is 0 Å². The molecule has 1 rings (SSSR count). The van der Waals surface area contributed by atoms with Crippen LogP contribution in [0.15, 0.2) is 18.2 Å². The highest BCUT2D eigenvalue weighted by molar-refractivity contribution is 7.88. The van der Waals surface area contributed by atoms with E-state index in [2.05, 4.69) is 44.3 Å². The predicted octanol–water partition coefficient (Wildman–Crippen LogP) is 2.63. The number of nitrogens with one attached hydrogen (secondary N) is 1. The predicted molar refractivity (Wildman–Crippen MR) is 89.0 cm³/mol. The van der Waals surface area contributed by atoms with E-state index in [9.17, 15) is 8.42 Å². The molecular formula is C16H28N2O2S. The summed E-state index contributed by atoms with van der Waals surface area (Å²) in [5, 5.41) is 3.47. The van der Waals surface area contributed by atoms with Gasteiger partial charge in [0.15, 0.2) is 0 Å². The molecular weight excluding hydrogens is 284 g/mol. The van der Waals surface area contributed by atoms with Gasteiger partial charge in [0.25, 0.3) is 0 Å². The van der Waals surface area contributed by atoms with Gasteiger partial charge in [0.05, 0.1) is 6.26 Å². The molecule has 0 aliphatic heterocycles. The van der Waals surface area contributed by atoms with E-state index in [0.717, 1.165) is 13.0 Å². The maximum absolute atomic E-state index is 11.5. The van der Waals surface area contributed by atoms with Crippen molar-refractivity contribution in [1.82, 2.24) is 9.62 Å². The van der Waals surface area contributed by atoms with Crippen molar-refractivity contribution in [2.24, 2.45) is 0 Å². The molecule has 0 aliphatic rings. The van der Waals surface area contributed by atoms with Crippen LogP contribution in [0.3, 0.4) is 0 Å². The molecule has 1 unspecified atom stereocenters. The summed E-state index contributed by atoms with van der Waals surface area (Å²) in [5.41, 5.74) is 3.87. The molecule has 1 aromatic carbocycles. The average Bonchev–Trinajstić information content (AvgIpc) is 2.36. The summed E-state index contributed by atoms with van der Waals surface area (Å²) >= 11 is 0. The standard InChI is InChI=1S/C16H28N2O2S/c1-6-18(21(5,19)20)11-7-10-17-15(4)16-9-8-13(2)12-14(16)3/h8-9,12,15,17H,6-7,10-11H2,1-5H3. The molecule has 0 saturated carbocycles. The summed E-state index contributed by atoms with van der Waals surface area (Å²) in [6.07, 6.45) is 2.08. The first-order chi connectivity index (χ1) is 9.75. The molecule has 1 N–H and O–H groups in total. The van der Waals surface area contributed by atoms with E-state index >= 15 is 0 Å². The van der Waals surface area contributed by atoms with Gasteiger partial charge in [-0.05, 0) is 44.9 Å². The lowest BCUT2D eigenvalue weighted by atomic mass is 10.0. The van der Waals surface area contributed by atoms with Gasteiger partial charge in [-0.1, -0.05) is 30.7 Å². The van der Waals surface area contributed by atoms with E-state index in [1.807, 2.05) is 6.92 Å². The highest BCUT2D eigenvalue weighted by atomic mass is 32.2. The zero-order valence-corrected chi connectivity index (χ0v) is 14.6. The molecule has 120 valence electrons. The smallest absolute Gasteiger partial charge is 0.211 e. The maximum Gasteiger partial charge on any atom is 0.211 e. The SMILES string of the molecule is CCN(CCCNC(C)c1ccc(C)cc1C)S(C)(=O)=O. The molecule has 0 saturated heterocycles. The first-order valence-corrected chi connectivity index (χ1v) is 9.36. The van der Waals surface area contributed by atoms with Crippen LogP contribution in [0.25, 0.3) is 0 Å². The summed E-state index contributed by atoms with van der Waals surface area (Å²) in [6.45, 7) is 10.1. The van der Waals surface area contributed by atoms with E-state index in [-0.39, 0.29) is 6.04 Å². The molecule has 4 nitrogen and oxygen atoms in total.